The topological polar surface area (TPSA) is 20.3 Å². The maximum Gasteiger partial charge on any atom is 0.226 e. The van der Waals surface area contributed by atoms with E-state index >= 15 is 0 Å². The van der Waals surface area contributed by atoms with E-state index in [0.717, 1.165) is 18.7 Å². The van der Waals surface area contributed by atoms with E-state index in [0.29, 0.717) is 12.3 Å². The molecule has 1 aliphatic rings. The van der Waals surface area contributed by atoms with Crippen LogP contribution in [0, 0.1) is 5.92 Å². The standard InChI is InChI=1S/C13H17NO/c1-3-13(15)14-9-10(2)8-11-6-4-5-7-12(11)14/h4-7,10H,3,8-9H2,1-2H3/t10-/m1/s1. The Balaban J connectivity index is 2.38. The Bertz CT molecular complexity index is 373. The highest BCUT2D eigenvalue weighted by Crippen LogP contribution is 2.29. The van der Waals surface area contributed by atoms with Gasteiger partial charge in [0, 0.05) is 18.7 Å². The summed E-state index contributed by atoms with van der Waals surface area (Å²) < 4.78 is 0. The molecule has 0 radical (unpaired) electrons. The molecule has 2 rings (SSSR count). The average Bonchev–Trinajstić information content (AvgIpc) is 2.26. The molecule has 1 heterocycles. The quantitative estimate of drug-likeness (QED) is 0.687. The molecule has 0 saturated heterocycles. The van der Waals surface area contributed by atoms with Crippen LogP contribution in [-0.2, 0) is 11.2 Å². The van der Waals surface area contributed by atoms with Crippen molar-refractivity contribution in [2.75, 3.05) is 11.4 Å². The summed E-state index contributed by atoms with van der Waals surface area (Å²) in [4.78, 5) is 13.7. The Morgan fingerprint density at radius 1 is 1.47 bits per heavy atom. The number of para-hydroxylation sites is 1. The predicted molar refractivity (Wildman–Crippen MR) is 62.0 cm³/mol. The summed E-state index contributed by atoms with van der Waals surface area (Å²) >= 11 is 0. The second kappa shape index (κ2) is 4.05. The van der Waals surface area contributed by atoms with E-state index < -0.39 is 0 Å². The third kappa shape index (κ3) is 1.89. The van der Waals surface area contributed by atoms with Crippen LogP contribution in [0.25, 0.3) is 0 Å². The van der Waals surface area contributed by atoms with Gasteiger partial charge < -0.3 is 4.90 Å². The van der Waals surface area contributed by atoms with Crippen LogP contribution in [0.4, 0.5) is 5.69 Å². The van der Waals surface area contributed by atoms with Gasteiger partial charge in [-0.1, -0.05) is 32.0 Å². The summed E-state index contributed by atoms with van der Waals surface area (Å²) in [6.07, 6.45) is 1.67. The normalized spacial score (nSPS) is 19.9. The van der Waals surface area contributed by atoms with Gasteiger partial charge in [0.05, 0.1) is 0 Å². The van der Waals surface area contributed by atoms with Gasteiger partial charge in [0.25, 0.3) is 0 Å². The molecule has 2 nitrogen and oxygen atoms in total. The van der Waals surface area contributed by atoms with Crippen LogP contribution in [0.1, 0.15) is 25.8 Å². The number of hydrogen-bond acceptors (Lipinski definition) is 1. The van der Waals surface area contributed by atoms with E-state index in [4.69, 9.17) is 0 Å². The lowest BCUT2D eigenvalue weighted by atomic mass is 9.94. The first-order valence-corrected chi connectivity index (χ1v) is 5.60. The van der Waals surface area contributed by atoms with Crippen molar-refractivity contribution in [3.8, 4) is 0 Å². The van der Waals surface area contributed by atoms with Crippen molar-refractivity contribution in [3.63, 3.8) is 0 Å². The van der Waals surface area contributed by atoms with Gasteiger partial charge in [-0.15, -0.1) is 0 Å². The molecule has 2 heteroatoms. The van der Waals surface area contributed by atoms with E-state index in [1.165, 1.54) is 5.56 Å². The Hall–Kier alpha value is -1.31. The summed E-state index contributed by atoms with van der Waals surface area (Å²) in [7, 11) is 0. The van der Waals surface area contributed by atoms with Gasteiger partial charge in [0.2, 0.25) is 5.91 Å². The molecule has 0 bridgehead atoms. The van der Waals surface area contributed by atoms with E-state index in [2.05, 4.69) is 19.1 Å². The number of rotatable bonds is 1. The highest BCUT2D eigenvalue weighted by molar-refractivity contribution is 5.94. The maximum absolute atomic E-state index is 11.8. The lowest BCUT2D eigenvalue weighted by molar-refractivity contribution is -0.118. The molecule has 80 valence electrons. The largest absolute Gasteiger partial charge is 0.312 e. The van der Waals surface area contributed by atoms with Crippen LogP contribution in [0.3, 0.4) is 0 Å². The highest BCUT2D eigenvalue weighted by Gasteiger charge is 2.24. The number of carbonyl (C=O) groups is 1. The molecule has 1 aromatic rings. The molecular formula is C13H17NO. The first-order valence-electron chi connectivity index (χ1n) is 5.60. The number of anilines is 1. The summed E-state index contributed by atoms with van der Waals surface area (Å²) in [6, 6.07) is 8.23. The van der Waals surface area contributed by atoms with Gasteiger partial charge in [-0.3, -0.25) is 4.79 Å². The van der Waals surface area contributed by atoms with E-state index in [9.17, 15) is 4.79 Å². The van der Waals surface area contributed by atoms with Crippen molar-refractivity contribution >= 4 is 11.6 Å². The Labute approximate surface area is 90.9 Å². The minimum absolute atomic E-state index is 0.231. The Morgan fingerprint density at radius 2 is 2.20 bits per heavy atom. The van der Waals surface area contributed by atoms with Crippen molar-refractivity contribution < 1.29 is 4.79 Å². The highest BCUT2D eigenvalue weighted by atomic mass is 16.2. The van der Waals surface area contributed by atoms with Gasteiger partial charge in [-0.05, 0) is 24.0 Å². The molecule has 1 amide bonds. The zero-order chi connectivity index (χ0) is 10.8. The maximum atomic E-state index is 11.8. The molecular weight excluding hydrogens is 186 g/mol. The smallest absolute Gasteiger partial charge is 0.226 e. The lowest BCUT2D eigenvalue weighted by Crippen LogP contribution is -2.38. The fourth-order valence-electron chi connectivity index (χ4n) is 2.22. The lowest BCUT2D eigenvalue weighted by Gasteiger charge is -2.33. The number of amides is 1. The van der Waals surface area contributed by atoms with Crippen LogP contribution >= 0.6 is 0 Å². The number of nitrogens with zero attached hydrogens (tertiary/aromatic N) is 1. The predicted octanol–water partition coefficient (Wildman–Crippen LogP) is 2.62. The Kier molecular flexibility index (Phi) is 2.76. The van der Waals surface area contributed by atoms with Crippen LogP contribution in [0.5, 0.6) is 0 Å². The molecule has 0 unspecified atom stereocenters. The Morgan fingerprint density at radius 3 is 2.93 bits per heavy atom. The van der Waals surface area contributed by atoms with Crippen molar-refractivity contribution in [3.05, 3.63) is 29.8 Å². The van der Waals surface area contributed by atoms with E-state index in [1.54, 1.807) is 0 Å². The third-order valence-corrected chi connectivity index (χ3v) is 2.95. The average molecular weight is 203 g/mol. The zero-order valence-corrected chi connectivity index (χ0v) is 9.36. The van der Waals surface area contributed by atoms with Crippen LogP contribution in [0.2, 0.25) is 0 Å². The SMILES string of the molecule is CCC(=O)N1C[C@H](C)Cc2ccccc21. The molecule has 0 fully saturated rings. The summed E-state index contributed by atoms with van der Waals surface area (Å²) in [5, 5.41) is 0. The van der Waals surface area contributed by atoms with Crippen LogP contribution < -0.4 is 4.90 Å². The molecule has 15 heavy (non-hydrogen) atoms. The fraction of sp³-hybridized carbons (Fsp3) is 0.462. The van der Waals surface area contributed by atoms with Gasteiger partial charge in [-0.2, -0.15) is 0 Å². The monoisotopic (exact) mass is 203 g/mol. The van der Waals surface area contributed by atoms with Crippen molar-refractivity contribution in [2.24, 2.45) is 5.92 Å². The number of benzene rings is 1. The molecule has 0 aliphatic carbocycles. The molecule has 0 N–H and O–H groups in total. The van der Waals surface area contributed by atoms with E-state index in [1.807, 2.05) is 24.0 Å². The molecule has 0 aromatic heterocycles. The number of fused-ring (bicyclic) bond motifs is 1. The van der Waals surface area contributed by atoms with Crippen molar-refractivity contribution in [1.29, 1.82) is 0 Å². The van der Waals surface area contributed by atoms with Crippen molar-refractivity contribution in [2.45, 2.75) is 26.7 Å². The molecule has 1 aliphatic heterocycles. The first kappa shape index (κ1) is 10.2. The number of carbonyl (C=O) groups excluding carboxylic acids is 1. The second-order valence-electron chi connectivity index (χ2n) is 4.30. The molecule has 0 spiro atoms. The molecule has 0 saturated carbocycles. The summed E-state index contributed by atoms with van der Waals surface area (Å²) in [6.45, 7) is 4.99. The van der Waals surface area contributed by atoms with Gasteiger partial charge >= 0.3 is 0 Å². The number of hydrogen-bond donors (Lipinski definition) is 0. The van der Waals surface area contributed by atoms with Crippen LogP contribution in [-0.4, -0.2) is 12.5 Å². The molecule has 1 aromatic carbocycles. The van der Waals surface area contributed by atoms with Gasteiger partial charge in [-0.25, -0.2) is 0 Å². The van der Waals surface area contributed by atoms with Gasteiger partial charge in [0.15, 0.2) is 0 Å². The first-order chi connectivity index (χ1) is 7.22. The van der Waals surface area contributed by atoms with E-state index in [-0.39, 0.29) is 5.91 Å². The van der Waals surface area contributed by atoms with Gasteiger partial charge in [0.1, 0.15) is 0 Å². The minimum Gasteiger partial charge on any atom is -0.312 e. The second-order valence-corrected chi connectivity index (χ2v) is 4.30. The van der Waals surface area contributed by atoms with Crippen LogP contribution in [0.15, 0.2) is 24.3 Å². The third-order valence-electron chi connectivity index (χ3n) is 2.95. The molecule has 1 atom stereocenters. The summed E-state index contributed by atoms with van der Waals surface area (Å²) in [5.41, 5.74) is 2.42. The zero-order valence-electron chi connectivity index (χ0n) is 9.36. The summed E-state index contributed by atoms with van der Waals surface area (Å²) in [5.74, 6) is 0.796. The minimum atomic E-state index is 0.231. The van der Waals surface area contributed by atoms with Crippen molar-refractivity contribution in [1.82, 2.24) is 0 Å². The fourth-order valence-corrected chi connectivity index (χ4v) is 2.22.